The van der Waals surface area contributed by atoms with E-state index in [0.717, 1.165) is 6.42 Å². The lowest BCUT2D eigenvalue weighted by atomic mass is 9.78. The van der Waals surface area contributed by atoms with Gasteiger partial charge < -0.3 is 0 Å². The van der Waals surface area contributed by atoms with Crippen LogP contribution in [0.4, 0.5) is 0 Å². The molecule has 0 radical (unpaired) electrons. The summed E-state index contributed by atoms with van der Waals surface area (Å²) in [5, 5.41) is 0. The first-order valence-electron chi connectivity index (χ1n) is 9.41. The fourth-order valence-corrected chi connectivity index (χ4v) is 5.50. The zero-order chi connectivity index (χ0) is 20.5. The summed E-state index contributed by atoms with van der Waals surface area (Å²) in [5.41, 5.74) is 11.0. The Morgan fingerprint density at radius 1 is 0.926 bits per heavy atom. The van der Waals surface area contributed by atoms with Crippen LogP contribution in [-0.4, -0.2) is 28.7 Å². The summed E-state index contributed by atoms with van der Waals surface area (Å²) in [6.07, 6.45) is 7.67. The summed E-state index contributed by atoms with van der Waals surface area (Å²) in [6, 6.07) is 4.66. The van der Waals surface area contributed by atoms with Gasteiger partial charge in [0.1, 0.15) is 16.1 Å². The van der Waals surface area contributed by atoms with Gasteiger partial charge in [-0.05, 0) is 55.2 Å². The molecule has 0 fully saturated rings. The minimum Gasteiger partial charge on any atom is -0.132 e. The van der Waals surface area contributed by atoms with Crippen LogP contribution in [0.3, 0.4) is 0 Å². The molecule has 0 aromatic heterocycles. The van der Waals surface area contributed by atoms with Crippen LogP contribution in [0.25, 0.3) is 6.08 Å². The quantitative estimate of drug-likeness (QED) is 0.289. The summed E-state index contributed by atoms with van der Waals surface area (Å²) < 4.78 is 0. The second-order valence-electron chi connectivity index (χ2n) is 9.47. The third kappa shape index (κ3) is 6.10. The second kappa shape index (κ2) is 8.30. The van der Waals surface area contributed by atoms with E-state index >= 15 is 0 Å². The molecular formula is C23H32S2Si2. The number of benzene rings is 1. The van der Waals surface area contributed by atoms with Gasteiger partial charge in [0.05, 0.1) is 5.41 Å². The summed E-state index contributed by atoms with van der Waals surface area (Å²) in [7, 11) is -2.78. The number of hydrogen-bond acceptors (Lipinski definition) is 2. The molecule has 0 N–H and O–H groups in total. The standard InChI is InChI=1S/C23H32S2Si2/c1-23(11-13-27(7,8)9)17-20-15-21(24-2)18(10-12-26(4,5)6)14-19(20)16-22(23)25-3/h14-16H,17H2,1-9H3. The van der Waals surface area contributed by atoms with Crippen LogP contribution in [0.15, 0.2) is 21.9 Å². The Morgan fingerprint density at radius 3 is 2.07 bits per heavy atom. The highest BCUT2D eigenvalue weighted by Crippen LogP contribution is 2.44. The van der Waals surface area contributed by atoms with Crippen LogP contribution < -0.4 is 0 Å². The zero-order valence-electron chi connectivity index (χ0n) is 18.3. The third-order valence-electron chi connectivity index (χ3n) is 4.34. The number of rotatable bonds is 2. The largest absolute Gasteiger partial charge is 0.132 e. The molecular weight excluding hydrogens is 397 g/mol. The normalized spacial score (nSPS) is 19.2. The van der Waals surface area contributed by atoms with Crippen molar-refractivity contribution in [1.82, 2.24) is 0 Å². The van der Waals surface area contributed by atoms with Crippen molar-refractivity contribution >= 4 is 45.7 Å². The summed E-state index contributed by atoms with van der Waals surface area (Å²) >= 11 is 3.64. The fourth-order valence-electron chi connectivity index (χ4n) is 2.93. The van der Waals surface area contributed by atoms with E-state index in [1.165, 1.54) is 26.5 Å². The molecule has 1 aromatic carbocycles. The van der Waals surface area contributed by atoms with Crippen molar-refractivity contribution in [2.24, 2.45) is 5.41 Å². The SMILES string of the molecule is CSC1=Cc2cc(C#C[Si](C)(C)C)c(SC)cc2CC1(C)C#C[Si](C)(C)C. The van der Waals surface area contributed by atoms with Gasteiger partial charge in [-0.3, -0.25) is 0 Å². The van der Waals surface area contributed by atoms with Crippen LogP contribution in [0.5, 0.6) is 0 Å². The maximum atomic E-state index is 3.67. The Balaban J connectivity index is 2.57. The molecule has 2 rings (SSSR count). The number of thioether (sulfide) groups is 2. The first-order chi connectivity index (χ1) is 12.4. The van der Waals surface area contributed by atoms with Crippen molar-refractivity contribution < 1.29 is 0 Å². The fraction of sp³-hybridized carbons (Fsp3) is 0.478. The third-order valence-corrected chi connectivity index (χ3v) is 7.88. The van der Waals surface area contributed by atoms with Crippen LogP contribution in [-0.2, 0) is 6.42 Å². The van der Waals surface area contributed by atoms with E-state index in [-0.39, 0.29) is 5.41 Å². The van der Waals surface area contributed by atoms with Crippen molar-refractivity contribution in [3.05, 3.63) is 33.7 Å². The highest BCUT2D eigenvalue weighted by Gasteiger charge is 2.32. The Hall–Kier alpha value is -0.786. The minimum atomic E-state index is -1.39. The van der Waals surface area contributed by atoms with Crippen molar-refractivity contribution in [3.63, 3.8) is 0 Å². The van der Waals surface area contributed by atoms with Crippen LogP contribution in [0.1, 0.15) is 23.6 Å². The predicted octanol–water partition coefficient (Wildman–Crippen LogP) is 6.78. The molecule has 0 bridgehead atoms. The molecule has 27 heavy (non-hydrogen) atoms. The van der Waals surface area contributed by atoms with E-state index in [4.69, 9.17) is 0 Å². The number of allylic oxidation sites excluding steroid dienone is 1. The maximum Gasteiger partial charge on any atom is 0.129 e. The van der Waals surface area contributed by atoms with Crippen molar-refractivity contribution in [1.29, 1.82) is 0 Å². The van der Waals surface area contributed by atoms with E-state index in [0.29, 0.717) is 0 Å². The Bertz CT molecular complexity index is 878. The highest BCUT2D eigenvalue weighted by molar-refractivity contribution is 8.02. The first-order valence-corrected chi connectivity index (χ1v) is 18.9. The van der Waals surface area contributed by atoms with Crippen molar-refractivity contribution in [2.45, 2.75) is 57.5 Å². The summed E-state index contributed by atoms with van der Waals surface area (Å²) in [5.74, 6) is 7.16. The van der Waals surface area contributed by atoms with Gasteiger partial charge in [0.25, 0.3) is 0 Å². The molecule has 4 heteroatoms. The molecule has 0 amide bonds. The predicted molar refractivity (Wildman–Crippen MR) is 133 cm³/mol. The minimum absolute atomic E-state index is 0.0755. The molecule has 144 valence electrons. The van der Waals surface area contributed by atoms with Crippen molar-refractivity contribution in [3.8, 4) is 22.9 Å². The van der Waals surface area contributed by atoms with Crippen LogP contribution in [0, 0.1) is 28.3 Å². The van der Waals surface area contributed by atoms with Gasteiger partial charge in [0.15, 0.2) is 0 Å². The molecule has 1 aromatic rings. The van der Waals surface area contributed by atoms with Crippen LogP contribution >= 0.6 is 23.5 Å². The lowest BCUT2D eigenvalue weighted by Gasteiger charge is -2.32. The molecule has 1 atom stereocenters. The van der Waals surface area contributed by atoms with E-state index in [2.05, 4.69) is 99.9 Å². The molecule has 1 aliphatic carbocycles. The molecule has 0 saturated carbocycles. The maximum absolute atomic E-state index is 3.67. The number of fused-ring (bicyclic) bond motifs is 1. The van der Waals surface area contributed by atoms with Crippen LogP contribution in [0.2, 0.25) is 39.3 Å². The van der Waals surface area contributed by atoms with Gasteiger partial charge >= 0.3 is 0 Å². The monoisotopic (exact) mass is 428 g/mol. The average molecular weight is 429 g/mol. The zero-order valence-corrected chi connectivity index (χ0v) is 21.9. The van der Waals surface area contributed by atoms with Gasteiger partial charge in [0, 0.05) is 15.4 Å². The van der Waals surface area contributed by atoms with Gasteiger partial charge in [-0.25, -0.2) is 0 Å². The smallest absolute Gasteiger partial charge is 0.129 e. The Morgan fingerprint density at radius 2 is 1.56 bits per heavy atom. The van der Waals surface area contributed by atoms with E-state index in [9.17, 15) is 0 Å². The molecule has 1 unspecified atom stereocenters. The van der Waals surface area contributed by atoms with Gasteiger partial charge in [-0.15, -0.1) is 34.6 Å². The lowest BCUT2D eigenvalue weighted by molar-refractivity contribution is 0.558. The Labute approximate surface area is 177 Å². The number of hydrogen-bond donors (Lipinski definition) is 0. The highest BCUT2D eigenvalue weighted by atomic mass is 32.2. The van der Waals surface area contributed by atoms with E-state index in [1.807, 2.05) is 11.8 Å². The summed E-state index contributed by atoms with van der Waals surface area (Å²) in [6.45, 7) is 16.2. The second-order valence-corrected chi connectivity index (χ2v) is 20.7. The Kier molecular flexibility index (Phi) is 6.91. The first kappa shape index (κ1) is 22.5. The van der Waals surface area contributed by atoms with E-state index in [1.54, 1.807) is 11.8 Å². The van der Waals surface area contributed by atoms with Crippen molar-refractivity contribution in [2.75, 3.05) is 12.5 Å². The topological polar surface area (TPSA) is 0 Å². The molecule has 0 saturated heterocycles. The molecule has 0 heterocycles. The average Bonchev–Trinajstić information content (AvgIpc) is 2.55. The van der Waals surface area contributed by atoms with Gasteiger partial charge in [0.2, 0.25) is 0 Å². The molecule has 0 nitrogen and oxygen atoms in total. The summed E-state index contributed by atoms with van der Waals surface area (Å²) in [4.78, 5) is 2.67. The lowest BCUT2D eigenvalue weighted by Crippen LogP contribution is -2.25. The van der Waals surface area contributed by atoms with Gasteiger partial charge in [-0.1, -0.05) is 51.1 Å². The molecule has 0 aliphatic heterocycles. The van der Waals surface area contributed by atoms with E-state index < -0.39 is 16.1 Å². The molecule has 1 aliphatic rings. The van der Waals surface area contributed by atoms with Gasteiger partial charge in [-0.2, -0.15) is 0 Å². The molecule has 0 spiro atoms.